The molecule has 4 rings (SSSR count). The molecule has 1 amide bonds. The van der Waals surface area contributed by atoms with E-state index in [0.29, 0.717) is 22.5 Å². The number of halogens is 1. The van der Waals surface area contributed by atoms with Crippen LogP contribution in [-0.4, -0.2) is 33.8 Å². The van der Waals surface area contributed by atoms with Crippen molar-refractivity contribution in [2.45, 2.75) is 19.1 Å². The van der Waals surface area contributed by atoms with E-state index < -0.39 is 21.2 Å². The lowest BCUT2D eigenvalue weighted by Crippen LogP contribution is -2.32. The Hall–Kier alpha value is -4.18. The van der Waals surface area contributed by atoms with Gasteiger partial charge in [-0.3, -0.25) is 9.48 Å². The number of nitrogens with one attached hydrogen (secondary N) is 1. The number of sulfonamides is 1. The van der Waals surface area contributed by atoms with Crippen LogP contribution in [0.2, 0.25) is 0 Å². The van der Waals surface area contributed by atoms with Gasteiger partial charge in [-0.2, -0.15) is 5.10 Å². The number of phenols is 1. The van der Waals surface area contributed by atoms with Gasteiger partial charge >= 0.3 is 0 Å². The lowest BCUT2D eigenvalue weighted by molar-refractivity contribution is -0.114. The summed E-state index contributed by atoms with van der Waals surface area (Å²) in [5.41, 5.74) is 2.81. The predicted octanol–water partition coefficient (Wildman–Crippen LogP) is 4.21. The molecule has 8 nitrogen and oxygen atoms in total. The number of aromatic nitrogens is 3. The minimum absolute atomic E-state index is 0.112. The molecule has 186 valence electrons. The van der Waals surface area contributed by atoms with Crippen LogP contribution in [0.4, 0.5) is 4.39 Å². The van der Waals surface area contributed by atoms with Crippen molar-refractivity contribution in [3.05, 3.63) is 95.6 Å². The molecule has 0 radical (unpaired) electrons. The second kappa shape index (κ2) is 9.46. The third-order valence-corrected chi connectivity index (χ3v) is 7.40. The highest BCUT2D eigenvalue weighted by atomic mass is 32.2. The van der Waals surface area contributed by atoms with E-state index in [1.54, 1.807) is 50.0 Å². The van der Waals surface area contributed by atoms with E-state index in [0.717, 1.165) is 23.2 Å². The highest BCUT2D eigenvalue weighted by Crippen LogP contribution is 2.31. The molecule has 2 heterocycles. The van der Waals surface area contributed by atoms with E-state index in [1.807, 2.05) is 9.29 Å². The zero-order valence-corrected chi connectivity index (χ0v) is 20.8. The number of nitrogens with zero attached hydrogens (tertiary/aromatic N) is 3. The molecule has 0 aliphatic heterocycles. The van der Waals surface area contributed by atoms with Crippen LogP contribution in [0.15, 0.2) is 67.4 Å². The molecule has 1 atom stereocenters. The van der Waals surface area contributed by atoms with Gasteiger partial charge < -0.3 is 9.67 Å². The van der Waals surface area contributed by atoms with Crippen molar-refractivity contribution in [2.24, 2.45) is 7.05 Å². The molecule has 4 aromatic rings. The van der Waals surface area contributed by atoms with Gasteiger partial charge in [-0.25, -0.2) is 17.5 Å². The molecule has 0 saturated heterocycles. The predicted molar refractivity (Wildman–Crippen MR) is 137 cm³/mol. The third kappa shape index (κ3) is 4.67. The second-order valence-corrected chi connectivity index (χ2v) is 10.2. The summed E-state index contributed by atoms with van der Waals surface area (Å²) < 4.78 is 44.9. The summed E-state index contributed by atoms with van der Waals surface area (Å²) >= 11 is 0. The van der Waals surface area contributed by atoms with Crippen LogP contribution in [0.3, 0.4) is 0 Å². The first-order valence-corrected chi connectivity index (χ1v) is 12.5. The fourth-order valence-electron chi connectivity index (χ4n) is 4.15. The fourth-order valence-corrected chi connectivity index (χ4v) is 5.42. The molecule has 1 unspecified atom stereocenters. The van der Waals surface area contributed by atoms with E-state index in [1.165, 1.54) is 30.3 Å². The van der Waals surface area contributed by atoms with Gasteiger partial charge in [-0.15, -0.1) is 6.58 Å². The fraction of sp³-hybridized carbons (Fsp3) is 0.154. The van der Waals surface area contributed by atoms with Crippen LogP contribution in [0.1, 0.15) is 27.6 Å². The summed E-state index contributed by atoms with van der Waals surface area (Å²) in [6.45, 7) is 7.08. The zero-order valence-electron chi connectivity index (χ0n) is 19.9. The molecule has 2 aromatic heterocycles. The minimum atomic E-state index is -4.25. The summed E-state index contributed by atoms with van der Waals surface area (Å²) in [6, 6.07) is 10.8. The Bertz CT molecular complexity index is 1630. The van der Waals surface area contributed by atoms with E-state index >= 15 is 0 Å². The molecule has 0 fully saturated rings. The Labute approximate surface area is 208 Å². The van der Waals surface area contributed by atoms with Gasteiger partial charge in [-0.05, 0) is 55.8 Å². The highest BCUT2D eigenvalue weighted by Gasteiger charge is 2.28. The summed E-state index contributed by atoms with van der Waals surface area (Å²) in [5.74, 6) is -0.810. The van der Waals surface area contributed by atoms with Gasteiger partial charge in [0.05, 0.1) is 11.2 Å². The van der Waals surface area contributed by atoms with E-state index in [2.05, 4.69) is 11.7 Å². The van der Waals surface area contributed by atoms with Crippen LogP contribution in [0, 0.1) is 19.7 Å². The maximum Gasteiger partial charge on any atom is 0.257 e. The second-order valence-electron chi connectivity index (χ2n) is 8.40. The Morgan fingerprint density at radius 3 is 2.64 bits per heavy atom. The Balaban J connectivity index is 1.63. The van der Waals surface area contributed by atoms with Gasteiger partial charge in [0.25, 0.3) is 5.91 Å². The highest BCUT2D eigenvalue weighted by molar-refractivity contribution is 7.90. The number of hydrogen-bond donors (Lipinski definition) is 2. The summed E-state index contributed by atoms with van der Waals surface area (Å²) in [6.07, 6.45) is 5.49. The molecule has 2 aromatic carbocycles. The summed E-state index contributed by atoms with van der Waals surface area (Å²) in [5, 5.41) is 14.0. The molecule has 0 bridgehead atoms. The zero-order chi connectivity index (χ0) is 26.2. The summed E-state index contributed by atoms with van der Waals surface area (Å²) in [4.78, 5) is 12.6. The Morgan fingerprint density at radius 1 is 1.19 bits per heavy atom. The summed E-state index contributed by atoms with van der Waals surface area (Å²) in [7, 11) is -2.51. The average molecular weight is 509 g/mol. The first-order valence-electron chi connectivity index (χ1n) is 11.0. The van der Waals surface area contributed by atoms with Gasteiger partial charge in [0.1, 0.15) is 22.6 Å². The van der Waals surface area contributed by atoms with Crippen molar-refractivity contribution < 1.29 is 22.7 Å². The van der Waals surface area contributed by atoms with Crippen LogP contribution in [0.25, 0.3) is 22.8 Å². The Morgan fingerprint density at radius 2 is 1.94 bits per heavy atom. The average Bonchev–Trinajstić information content (AvgIpc) is 3.32. The number of benzene rings is 2. The van der Waals surface area contributed by atoms with Crippen molar-refractivity contribution in [1.29, 1.82) is 0 Å². The van der Waals surface area contributed by atoms with E-state index in [4.69, 9.17) is 0 Å². The van der Waals surface area contributed by atoms with Gasteiger partial charge in [0, 0.05) is 35.8 Å². The lowest BCUT2D eigenvalue weighted by Gasteiger charge is -2.16. The molecule has 0 aliphatic rings. The topological polar surface area (TPSA) is 106 Å². The number of fused-ring (bicyclic) bond motifs is 1. The maximum atomic E-state index is 13.6. The van der Waals surface area contributed by atoms with E-state index in [-0.39, 0.29) is 17.1 Å². The minimum Gasteiger partial charge on any atom is -0.508 e. The SMILES string of the molecule is C=CC(c1ccc(C)cc1O)S(=O)(=O)NC(=O)/C=C/c1c(C)nn(C)c1-n1ccc2cc(F)ccc21. The largest absolute Gasteiger partial charge is 0.508 e. The number of hydrogen-bond acceptors (Lipinski definition) is 5. The van der Waals surface area contributed by atoms with Crippen LogP contribution in [-0.2, 0) is 21.9 Å². The molecule has 36 heavy (non-hydrogen) atoms. The first kappa shape index (κ1) is 24.9. The molecular weight excluding hydrogens is 483 g/mol. The van der Waals surface area contributed by atoms with Crippen molar-refractivity contribution >= 4 is 32.9 Å². The molecule has 0 saturated carbocycles. The smallest absolute Gasteiger partial charge is 0.257 e. The number of carbonyl (C=O) groups excluding carboxylic acids is 1. The molecular formula is C26H25FN4O4S. The van der Waals surface area contributed by atoms with Crippen molar-refractivity contribution in [3.8, 4) is 11.6 Å². The molecule has 2 N–H and O–H groups in total. The maximum absolute atomic E-state index is 13.6. The number of rotatable bonds is 7. The van der Waals surface area contributed by atoms with Crippen molar-refractivity contribution in [1.82, 2.24) is 19.1 Å². The Kier molecular flexibility index (Phi) is 6.55. The number of aryl methyl sites for hydroxylation is 3. The first-order chi connectivity index (χ1) is 17.0. The number of phenolic OH excluding ortho intramolecular Hbond substituents is 1. The molecule has 0 aliphatic carbocycles. The van der Waals surface area contributed by atoms with Crippen LogP contribution >= 0.6 is 0 Å². The number of aromatic hydroxyl groups is 1. The van der Waals surface area contributed by atoms with Gasteiger partial charge in [0.15, 0.2) is 0 Å². The van der Waals surface area contributed by atoms with Crippen molar-refractivity contribution in [3.63, 3.8) is 0 Å². The quantitative estimate of drug-likeness (QED) is 0.287. The number of amides is 1. The van der Waals surface area contributed by atoms with Crippen molar-refractivity contribution in [2.75, 3.05) is 0 Å². The monoisotopic (exact) mass is 508 g/mol. The van der Waals surface area contributed by atoms with Gasteiger partial charge in [0.2, 0.25) is 10.0 Å². The van der Waals surface area contributed by atoms with Crippen LogP contribution < -0.4 is 4.72 Å². The van der Waals surface area contributed by atoms with E-state index in [9.17, 15) is 22.7 Å². The lowest BCUT2D eigenvalue weighted by atomic mass is 10.1. The molecule has 10 heteroatoms. The molecule has 0 spiro atoms. The number of carbonyl (C=O) groups is 1. The standard InChI is InChI=1S/C26H25FN4O4S/c1-5-24(21-8-6-16(2)14-23(21)32)36(34,35)29-25(33)11-9-20-17(3)28-30(4)26(20)31-13-12-18-15-19(27)7-10-22(18)31/h5-15,24,32H,1H2,2-4H3,(H,29,33)/b11-9+. The van der Waals surface area contributed by atoms with Gasteiger partial charge in [-0.1, -0.05) is 18.2 Å². The normalized spacial score (nSPS) is 12.8. The van der Waals surface area contributed by atoms with Crippen LogP contribution in [0.5, 0.6) is 5.75 Å². The third-order valence-electron chi connectivity index (χ3n) is 5.80.